The molecule has 87 heavy (non-hydrogen) atoms. The second-order valence-electron chi connectivity index (χ2n) is 23.4. The zero-order chi connectivity index (χ0) is 64.3. The minimum Gasteiger partial charge on any atom is -0.481 e. The van der Waals surface area contributed by atoms with E-state index in [0.717, 1.165) is 153 Å². The second kappa shape index (κ2) is 51.9. The molecule has 7 atom stereocenters. The first-order valence-electron chi connectivity index (χ1n) is 33.1. The van der Waals surface area contributed by atoms with Crippen LogP contribution in [0.4, 0.5) is 0 Å². The van der Waals surface area contributed by atoms with E-state index in [0.29, 0.717) is 44.9 Å². The van der Waals surface area contributed by atoms with Crippen molar-refractivity contribution in [3.05, 3.63) is 72.4 Å². The van der Waals surface area contributed by atoms with E-state index in [9.17, 15) is 58.5 Å². The molecule has 0 saturated carbocycles. The molecule has 0 spiro atoms. The molecule has 0 aliphatic carbocycles. The number of hydrogen-bond acceptors (Lipinski definition) is 13. The number of unbranched alkanes of at least 4 members (excludes halogenated alkanes) is 21. The van der Waals surface area contributed by atoms with Crippen LogP contribution in [-0.2, 0) is 62.1 Å². The first kappa shape index (κ1) is 78.9. The highest BCUT2D eigenvalue weighted by molar-refractivity contribution is 5.95. The largest absolute Gasteiger partial charge is 0.481 e. The predicted octanol–water partition coefficient (Wildman–Crippen LogP) is 15.9. The van der Waals surface area contributed by atoms with Gasteiger partial charge in [0.1, 0.15) is 13.2 Å². The topological polar surface area (TPSA) is 271 Å². The van der Waals surface area contributed by atoms with Crippen LogP contribution in [0.15, 0.2) is 72.4 Å². The number of allylic oxidation sites excluding steroid dienone is 12. The van der Waals surface area contributed by atoms with Gasteiger partial charge in [0, 0.05) is 19.3 Å². The normalized spacial score (nSPS) is 16.0. The fourth-order valence-electron chi connectivity index (χ4n) is 10.7. The van der Waals surface area contributed by atoms with Crippen LogP contribution in [-0.4, -0.2) is 93.5 Å². The molecular formula is C70H110O17. The number of cyclic esters (lactones) is 2. The third kappa shape index (κ3) is 42.4. The Balaban J connectivity index is 2.65. The molecule has 1 heterocycles. The highest BCUT2D eigenvalue weighted by Gasteiger charge is 2.38. The number of hydrogen-bond donors (Lipinski definition) is 4. The van der Waals surface area contributed by atoms with E-state index in [2.05, 4.69) is 32.1 Å². The average Bonchev–Trinajstić information content (AvgIpc) is 3.46. The van der Waals surface area contributed by atoms with Crippen molar-refractivity contribution in [2.24, 2.45) is 35.5 Å². The number of carboxylic acids is 4. The van der Waals surface area contributed by atoms with Crippen molar-refractivity contribution in [1.82, 2.24) is 0 Å². The third-order valence-electron chi connectivity index (χ3n) is 15.8. The summed E-state index contributed by atoms with van der Waals surface area (Å²) in [7, 11) is 0. The van der Waals surface area contributed by atoms with Crippen LogP contribution in [0.5, 0.6) is 0 Å². The van der Waals surface area contributed by atoms with Gasteiger partial charge in [0.25, 0.3) is 0 Å². The monoisotopic (exact) mass is 1220 g/mol. The summed E-state index contributed by atoms with van der Waals surface area (Å²) in [4.78, 5) is 109. The van der Waals surface area contributed by atoms with Gasteiger partial charge in [-0.25, -0.2) is 0 Å². The van der Waals surface area contributed by atoms with Gasteiger partial charge in [-0.15, -0.1) is 0 Å². The number of carbonyl (C=O) groups is 9. The zero-order valence-electron chi connectivity index (χ0n) is 53.4. The molecule has 1 aliphatic heterocycles. The number of carboxylic acid groups (broad SMARTS) is 4. The Bertz CT molecular complexity index is 2170. The van der Waals surface area contributed by atoms with E-state index in [1.165, 1.54) is 0 Å². The van der Waals surface area contributed by atoms with Crippen molar-refractivity contribution in [2.45, 2.75) is 265 Å². The van der Waals surface area contributed by atoms with Gasteiger partial charge in [-0.1, -0.05) is 202 Å². The van der Waals surface area contributed by atoms with Crippen LogP contribution in [0.2, 0.25) is 0 Å². The van der Waals surface area contributed by atoms with E-state index in [1.807, 2.05) is 62.5 Å². The van der Waals surface area contributed by atoms with E-state index in [1.54, 1.807) is 0 Å². The van der Waals surface area contributed by atoms with E-state index in [-0.39, 0.29) is 56.7 Å². The molecule has 7 unspecified atom stereocenters. The number of carbonyl (C=O) groups excluding carboxylic acids is 5. The van der Waals surface area contributed by atoms with Crippen molar-refractivity contribution >= 4 is 53.7 Å². The van der Waals surface area contributed by atoms with E-state index >= 15 is 0 Å². The fraction of sp³-hybridized carbons (Fsp3) is 0.700. The summed E-state index contributed by atoms with van der Waals surface area (Å²) >= 11 is 0. The van der Waals surface area contributed by atoms with Gasteiger partial charge in [-0.05, 0) is 108 Å². The summed E-state index contributed by atoms with van der Waals surface area (Å²) in [6.07, 6.45) is 47.0. The number of aliphatic carboxylic acids is 4. The van der Waals surface area contributed by atoms with Gasteiger partial charge in [0.2, 0.25) is 0 Å². The standard InChI is InChI=1S/C70H110O17/c1-5-8-10-11-26-34-42-56(60(69(81)82)50-63(73)74)43-35-28-23-24-31-39-47-66(77)86-58(53-85-65(76)46-38-30-22-18-14-16-20-27-36-44-57(41-32-9-6-2)61-51-67(78)87-70(61)83)52-84-64(75)45-37-29-21-17-13-12-15-19-25-33-40-54(4)48-55(7-3)59(68(79)80)49-62(71)72/h15,19-20,27,33,35-36,40,43-44,48,55-61H,5-14,16-18,21-26,28-32,34,37-39,41-42,45-47,49-53H2,1-4H3,(H,71,72)(H,73,74)(H,79,80)(H,81,82)/b19-15-,27-20-,40-33-,43-35+,44-36+,54-48+. The molecular weight excluding hydrogens is 1110 g/mol. The van der Waals surface area contributed by atoms with Crippen molar-refractivity contribution in [2.75, 3.05) is 13.2 Å². The van der Waals surface area contributed by atoms with Gasteiger partial charge in [0.05, 0.1) is 37.0 Å². The maximum Gasteiger partial charge on any atom is 0.317 e. The number of esters is 5. The lowest BCUT2D eigenvalue weighted by Gasteiger charge is -2.20. The van der Waals surface area contributed by atoms with E-state index in [4.69, 9.17) is 24.1 Å². The lowest BCUT2D eigenvalue weighted by Crippen LogP contribution is -2.30. The van der Waals surface area contributed by atoms with Gasteiger partial charge >= 0.3 is 53.7 Å². The Morgan fingerprint density at radius 2 is 1.01 bits per heavy atom. The molecule has 1 rings (SSSR count). The molecule has 0 radical (unpaired) electrons. The van der Waals surface area contributed by atoms with Crippen LogP contribution >= 0.6 is 0 Å². The number of ether oxygens (including phenoxy) is 4. The van der Waals surface area contributed by atoms with E-state index < -0.39 is 90.4 Å². The van der Waals surface area contributed by atoms with Crippen LogP contribution in [0.3, 0.4) is 0 Å². The first-order chi connectivity index (χ1) is 41.9. The molecule has 1 aliphatic rings. The molecule has 0 bridgehead atoms. The Morgan fingerprint density at radius 1 is 0.529 bits per heavy atom. The van der Waals surface area contributed by atoms with Crippen LogP contribution in [0.25, 0.3) is 0 Å². The molecule has 0 aromatic carbocycles. The molecule has 17 nitrogen and oxygen atoms in total. The molecule has 17 heteroatoms. The van der Waals surface area contributed by atoms with Crippen LogP contribution < -0.4 is 0 Å². The zero-order valence-corrected chi connectivity index (χ0v) is 53.4. The Hall–Kier alpha value is -6.13. The fourth-order valence-corrected chi connectivity index (χ4v) is 10.7. The Morgan fingerprint density at radius 3 is 1.54 bits per heavy atom. The summed E-state index contributed by atoms with van der Waals surface area (Å²) in [6.45, 7) is 7.52. The summed E-state index contributed by atoms with van der Waals surface area (Å²) in [6, 6.07) is 0. The Labute approximate surface area is 520 Å². The molecule has 1 saturated heterocycles. The summed E-state index contributed by atoms with van der Waals surface area (Å²) in [5.41, 5.74) is 0.886. The maximum atomic E-state index is 13.1. The lowest BCUT2D eigenvalue weighted by molar-refractivity contribution is -0.167. The smallest absolute Gasteiger partial charge is 0.317 e. The van der Waals surface area contributed by atoms with Crippen molar-refractivity contribution in [3.63, 3.8) is 0 Å². The maximum absolute atomic E-state index is 13.1. The SMILES string of the molecule is CCCCCCCCC(/C=C/CCCCCCC(=O)OC(COC(=O)CCCCCCC/C=C\C=C\C(CCCCC)C1CC(=O)OC1=O)COC(=O)CCCCCCC/C=C\C/C=C\C(C)=C\C(CC)C(CC(=O)O)C(=O)O)C(CC(=O)O)C(=O)O. The van der Waals surface area contributed by atoms with Crippen molar-refractivity contribution < 1.29 is 82.5 Å². The summed E-state index contributed by atoms with van der Waals surface area (Å²) in [5.74, 6) is -9.81. The van der Waals surface area contributed by atoms with Gasteiger partial charge < -0.3 is 39.4 Å². The quantitative estimate of drug-likeness (QED) is 0.0110. The summed E-state index contributed by atoms with van der Waals surface area (Å²) in [5, 5.41) is 37.9. The van der Waals surface area contributed by atoms with Gasteiger partial charge in [0.15, 0.2) is 6.10 Å². The molecule has 1 fully saturated rings. The molecule has 0 aromatic heterocycles. The third-order valence-corrected chi connectivity index (χ3v) is 15.8. The minimum absolute atomic E-state index is 0.0227. The summed E-state index contributed by atoms with van der Waals surface area (Å²) < 4.78 is 21.6. The highest BCUT2D eigenvalue weighted by Crippen LogP contribution is 2.30. The van der Waals surface area contributed by atoms with Gasteiger partial charge in [-0.2, -0.15) is 0 Å². The molecule has 0 amide bonds. The van der Waals surface area contributed by atoms with Gasteiger partial charge in [-0.3, -0.25) is 43.2 Å². The van der Waals surface area contributed by atoms with Crippen molar-refractivity contribution in [3.8, 4) is 0 Å². The van der Waals surface area contributed by atoms with Crippen molar-refractivity contribution in [1.29, 1.82) is 0 Å². The highest BCUT2D eigenvalue weighted by atomic mass is 16.6. The molecule has 492 valence electrons. The predicted molar refractivity (Wildman–Crippen MR) is 337 cm³/mol. The average molecular weight is 1220 g/mol. The lowest BCUT2D eigenvalue weighted by atomic mass is 9.84. The van der Waals surface area contributed by atoms with Crippen LogP contribution in [0.1, 0.15) is 259 Å². The molecule has 4 N–H and O–H groups in total. The Kier molecular flexibility index (Phi) is 47.0. The number of rotatable bonds is 56. The first-order valence-corrected chi connectivity index (χ1v) is 33.1. The second-order valence-corrected chi connectivity index (χ2v) is 23.4. The molecule has 0 aromatic rings. The minimum atomic E-state index is -1.13. The van der Waals surface area contributed by atoms with Crippen LogP contribution in [0, 0.1) is 35.5 Å².